The summed E-state index contributed by atoms with van der Waals surface area (Å²) in [6.07, 6.45) is 1.44. The zero-order chi connectivity index (χ0) is 23.1. The Morgan fingerprint density at radius 1 is 1.12 bits per heavy atom. The Bertz CT molecular complexity index is 1020. The van der Waals surface area contributed by atoms with Crippen LogP contribution >= 0.6 is 0 Å². The van der Waals surface area contributed by atoms with Crippen LogP contribution in [-0.4, -0.2) is 41.5 Å². The van der Waals surface area contributed by atoms with Crippen molar-refractivity contribution < 1.29 is 24.5 Å². The maximum Gasteiger partial charge on any atom is 0.249 e. The van der Waals surface area contributed by atoms with E-state index in [1.165, 1.54) is 12.1 Å². The molecule has 2 aromatic carbocycles. The number of rotatable bonds is 7. The number of nitrogens with zero attached hydrogens (tertiary/aromatic N) is 3. The number of amides is 1. The number of aliphatic hydroxyl groups excluding tert-OH is 1. The van der Waals surface area contributed by atoms with Gasteiger partial charge >= 0.3 is 0 Å². The molecule has 1 aliphatic carbocycles. The molecule has 0 radical (unpaired) electrons. The molecule has 32 heavy (non-hydrogen) atoms. The number of ether oxygens (including phenoxy) is 2. The van der Waals surface area contributed by atoms with Crippen LogP contribution in [-0.2, 0) is 4.74 Å². The second kappa shape index (κ2) is 10.2. The first-order valence-electron chi connectivity index (χ1n) is 10.2. The minimum Gasteiger partial charge on any atom is -0.497 e. The lowest BCUT2D eigenvalue weighted by Crippen LogP contribution is -2.40. The topological polar surface area (TPSA) is 151 Å². The summed E-state index contributed by atoms with van der Waals surface area (Å²) >= 11 is 0. The van der Waals surface area contributed by atoms with Gasteiger partial charge in [0.25, 0.3) is 0 Å². The van der Waals surface area contributed by atoms with Gasteiger partial charge in [-0.25, -0.2) is 0 Å². The van der Waals surface area contributed by atoms with Gasteiger partial charge in [-0.1, -0.05) is 24.3 Å². The van der Waals surface area contributed by atoms with Crippen molar-refractivity contribution in [2.45, 2.75) is 37.4 Å². The second-order valence-electron chi connectivity index (χ2n) is 7.79. The molecule has 0 saturated heterocycles. The number of azide groups is 1. The third-order valence-electron chi connectivity index (χ3n) is 5.55. The van der Waals surface area contributed by atoms with Crippen molar-refractivity contribution in [1.82, 2.24) is 0 Å². The number of aliphatic hydroxyl groups is 2. The van der Waals surface area contributed by atoms with Crippen LogP contribution in [0.5, 0.6) is 5.75 Å². The Morgan fingerprint density at radius 2 is 1.69 bits per heavy atom. The zero-order valence-corrected chi connectivity index (χ0v) is 17.8. The molecule has 168 valence electrons. The highest BCUT2D eigenvalue weighted by Crippen LogP contribution is 2.32. The lowest BCUT2D eigenvalue weighted by atomic mass is 9.84. The Kier molecular flexibility index (Phi) is 7.37. The number of nitrogens with two attached hydrogens (primary N) is 1. The quantitative estimate of drug-likeness (QED) is 0.197. The van der Waals surface area contributed by atoms with Crippen molar-refractivity contribution in [2.24, 2.45) is 10.8 Å². The largest absolute Gasteiger partial charge is 0.497 e. The first kappa shape index (κ1) is 23.1. The predicted octanol–water partition coefficient (Wildman–Crippen LogP) is 3.61. The van der Waals surface area contributed by atoms with E-state index in [-0.39, 0.29) is 12.2 Å². The van der Waals surface area contributed by atoms with E-state index in [1.807, 2.05) is 0 Å². The van der Waals surface area contributed by atoms with Crippen molar-refractivity contribution in [3.05, 3.63) is 75.7 Å². The van der Waals surface area contributed by atoms with Crippen LogP contribution in [0.2, 0.25) is 0 Å². The molecule has 1 amide bonds. The molecule has 1 saturated carbocycles. The van der Waals surface area contributed by atoms with Crippen LogP contribution in [0.4, 0.5) is 0 Å². The lowest BCUT2D eigenvalue weighted by molar-refractivity contribution is -0.0651. The highest BCUT2D eigenvalue weighted by molar-refractivity contribution is 5.95. The molecule has 0 atom stereocenters. The number of carbonyl (C=O) groups is 1. The van der Waals surface area contributed by atoms with E-state index in [2.05, 4.69) is 10.0 Å². The van der Waals surface area contributed by atoms with Gasteiger partial charge in [0.15, 0.2) is 0 Å². The van der Waals surface area contributed by atoms with E-state index in [0.717, 1.165) is 0 Å². The van der Waals surface area contributed by atoms with E-state index in [1.54, 1.807) is 43.5 Å². The summed E-state index contributed by atoms with van der Waals surface area (Å²) in [7, 11) is 1.57. The number of benzene rings is 2. The first-order valence-corrected chi connectivity index (χ1v) is 10.2. The third kappa shape index (κ3) is 5.59. The van der Waals surface area contributed by atoms with Gasteiger partial charge in [0.1, 0.15) is 18.1 Å². The van der Waals surface area contributed by atoms with Crippen molar-refractivity contribution in [2.75, 3.05) is 13.7 Å². The summed E-state index contributed by atoms with van der Waals surface area (Å²) in [5, 5.41) is 23.7. The minimum absolute atomic E-state index is 0.00527. The Labute approximate surface area is 185 Å². The standard InChI is InChI=1S/C23H26N4O5/c1-31-19-8-6-15(7-9-19)20(24)21(32-14-23(30)12-10-18(28)11-13-23)16-2-4-17(5-3-16)22(29)26-27-25/h2-9,18,28,30H,10-14,24H2,1H3/b21-20-. The molecule has 0 aliphatic heterocycles. The Hall–Kier alpha value is -3.52. The molecule has 1 aliphatic rings. The van der Waals surface area contributed by atoms with Gasteiger partial charge in [-0.3, -0.25) is 4.79 Å². The van der Waals surface area contributed by atoms with Crippen LogP contribution in [0.15, 0.2) is 53.6 Å². The minimum atomic E-state index is -1.07. The highest BCUT2D eigenvalue weighted by atomic mass is 16.5. The average molecular weight is 438 g/mol. The highest BCUT2D eigenvalue weighted by Gasteiger charge is 2.34. The van der Waals surface area contributed by atoms with Crippen LogP contribution in [0.1, 0.15) is 47.2 Å². The normalized spacial score (nSPS) is 21.2. The van der Waals surface area contributed by atoms with E-state index in [9.17, 15) is 15.0 Å². The fraction of sp³-hybridized carbons (Fsp3) is 0.348. The molecule has 0 aromatic heterocycles. The van der Waals surface area contributed by atoms with E-state index >= 15 is 0 Å². The van der Waals surface area contributed by atoms with Crippen LogP contribution in [0, 0.1) is 0 Å². The van der Waals surface area contributed by atoms with E-state index in [0.29, 0.717) is 54.0 Å². The van der Waals surface area contributed by atoms with Gasteiger partial charge in [0, 0.05) is 21.6 Å². The number of carbonyl (C=O) groups excluding carboxylic acids is 1. The molecule has 1 fully saturated rings. The molecule has 9 heteroatoms. The van der Waals surface area contributed by atoms with Crippen molar-refractivity contribution in [3.63, 3.8) is 0 Å². The predicted molar refractivity (Wildman–Crippen MR) is 119 cm³/mol. The van der Waals surface area contributed by atoms with Gasteiger partial charge < -0.3 is 25.4 Å². The van der Waals surface area contributed by atoms with Crippen LogP contribution in [0.25, 0.3) is 21.9 Å². The molecule has 4 N–H and O–H groups in total. The molecule has 9 nitrogen and oxygen atoms in total. The Morgan fingerprint density at radius 3 is 2.25 bits per heavy atom. The SMILES string of the molecule is COc1ccc(/C(N)=C(/OCC2(O)CCC(O)CC2)c2ccc(C(=O)N=[N+]=[N-])cc2)cc1. The van der Waals surface area contributed by atoms with Crippen LogP contribution < -0.4 is 10.5 Å². The van der Waals surface area contributed by atoms with E-state index < -0.39 is 17.6 Å². The summed E-state index contributed by atoms with van der Waals surface area (Å²) in [5.41, 5.74) is 15.7. The number of methoxy groups -OCH3 is 1. The van der Waals surface area contributed by atoms with Gasteiger partial charge in [-0.2, -0.15) is 0 Å². The molecule has 2 aromatic rings. The molecule has 0 bridgehead atoms. The third-order valence-corrected chi connectivity index (χ3v) is 5.55. The fourth-order valence-corrected chi connectivity index (χ4v) is 3.57. The fourth-order valence-electron chi connectivity index (χ4n) is 3.57. The smallest absolute Gasteiger partial charge is 0.249 e. The summed E-state index contributed by atoms with van der Waals surface area (Å²) in [4.78, 5) is 14.3. The van der Waals surface area contributed by atoms with Gasteiger partial charge in [0.05, 0.1) is 24.5 Å². The van der Waals surface area contributed by atoms with Gasteiger partial charge in [-0.15, -0.1) is 0 Å². The van der Waals surface area contributed by atoms with E-state index in [4.69, 9.17) is 20.7 Å². The average Bonchev–Trinajstić information content (AvgIpc) is 2.82. The Balaban J connectivity index is 1.93. The van der Waals surface area contributed by atoms with Crippen molar-refractivity contribution >= 4 is 17.4 Å². The van der Waals surface area contributed by atoms with Crippen molar-refractivity contribution in [3.8, 4) is 5.75 Å². The lowest BCUT2D eigenvalue weighted by Gasteiger charge is -2.34. The molecule has 0 unspecified atom stereocenters. The maximum absolute atomic E-state index is 11.8. The zero-order valence-electron chi connectivity index (χ0n) is 17.8. The van der Waals surface area contributed by atoms with Crippen molar-refractivity contribution in [1.29, 1.82) is 0 Å². The first-order chi connectivity index (χ1) is 15.3. The molecular weight excluding hydrogens is 412 g/mol. The summed E-state index contributed by atoms with van der Waals surface area (Å²) in [6, 6.07) is 13.5. The summed E-state index contributed by atoms with van der Waals surface area (Å²) < 4.78 is 11.2. The van der Waals surface area contributed by atoms with Crippen LogP contribution in [0.3, 0.4) is 0 Å². The van der Waals surface area contributed by atoms with Gasteiger partial charge in [0.2, 0.25) is 5.91 Å². The maximum atomic E-state index is 11.8. The summed E-state index contributed by atoms with van der Waals surface area (Å²) in [5.74, 6) is 0.334. The number of hydrogen-bond acceptors (Lipinski definition) is 6. The molecule has 3 rings (SSSR count). The number of hydrogen-bond donors (Lipinski definition) is 3. The molecular formula is C23H26N4O5. The molecule has 0 spiro atoms. The second-order valence-corrected chi connectivity index (χ2v) is 7.79. The molecule has 0 heterocycles. The monoisotopic (exact) mass is 438 g/mol. The summed E-state index contributed by atoms with van der Waals surface area (Å²) in [6.45, 7) is 0.00527. The van der Waals surface area contributed by atoms with Gasteiger partial charge in [-0.05, 0) is 60.6 Å².